The molecule has 14 heavy (non-hydrogen) atoms. The van der Waals surface area contributed by atoms with Gasteiger partial charge in [0.2, 0.25) is 0 Å². The molecule has 0 aromatic carbocycles. The molecule has 0 saturated carbocycles. The van der Waals surface area contributed by atoms with E-state index in [1.807, 2.05) is 0 Å². The average molecular weight is 193 g/mol. The van der Waals surface area contributed by atoms with Crippen LogP contribution in [0.25, 0.3) is 0 Å². The zero-order chi connectivity index (χ0) is 10.6. The first-order chi connectivity index (χ1) is 6.61. The van der Waals surface area contributed by atoms with E-state index in [1.165, 1.54) is 13.1 Å². The summed E-state index contributed by atoms with van der Waals surface area (Å²) in [4.78, 5) is 25.8. The molecule has 1 rings (SSSR count). The first-order valence-corrected chi connectivity index (χ1v) is 4.28. The second kappa shape index (κ2) is 4.50. The third kappa shape index (κ3) is 2.65. The normalized spacial score (nSPS) is 12.1. The maximum atomic E-state index is 11.4. The van der Waals surface area contributed by atoms with E-state index in [4.69, 9.17) is 5.11 Å². The second-order valence-electron chi connectivity index (χ2n) is 3.08. The Morgan fingerprint density at radius 3 is 2.71 bits per heavy atom. The number of carboxylic acids is 1. The third-order valence-electron chi connectivity index (χ3n) is 1.86. The predicted molar refractivity (Wildman–Crippen MR) is 50.0 cm³/mol. The number of hydrogen-bond donors (Lipinski definition) is 1. The fourth-order valence-electron chi connectivity index (χ4n) is 0.998. The van der Waals surface area contributed by atoms with Crippen molar-refractivity contribution in [3.8, 4) is 0 Å². The van der Waals surface area contributed by atoms with E-state index in [9.17, 15) is 9.59 Å². The summed E-state index contributed by atoms with van der Waals surface area (Å²) < 4.78 is 0. The van der Waals surface area contributed by atoms with Gasteiger partial charge >= 0.3 is 5.97 Å². The molecule has 0 radical (unpaired) electrons. The Bertz CT molecular complexity index is 334. The maximum absolute atomic E-state index is 11.4. The molecule has 0 bridgehead atoms. The number of aromatic nitrogens is 1. The van der Waals surface area contributed by atoms with Crippen LogP contribution >= 0.6 is 0 Å². The van der Waals surface area contributed by atoms with E-state index in [0.717, 1.165) is 0 Å². The van der Waals surface area contributed by atoms with Crippen LogP contribution < -0.4 is 0 Å². The maximum Gasteiger partial charge on any atom is 0.306 e. The Morgan fingerprint density at radius 1 is 1.50 bits per heavy atom. The van der Waals surface area contributed by atoms with Gasteiger partial charge in [-0.3, -0.25) is 14.6 Å². The molecule has 0 aliphatic carbocycles. The van der Waals surface area contributed by atoms with Crippen molar-refractivity contribution in [2.45, 2.75) is 13.3 Å². The smallest absolute Gasteiger partial charge is 0.306 e. The van der Waals surface area contributed by atoms with Crippen LogP contribution in [0.15, 0.2) is 24.4 Å². The summed E-state index contributed by atoms with van der Waals surface area (Å²) in [5.41, 5.74) is 0.320. The van der Waals surface area contributed by atoms with Gasteiger partial charge in [0.25, 0.3) is 0 Å². The number of ketones is 1. The van der Waals surface area contributed by atoms with Crippen molar-refractivity contribution in [3.05, 3.63) is 30.1 Å². The van der Waals surface area contributed by atoms with Crippen molar-refractivity contribution in [3.63, 3.8) is 0 Å². The highest BCUT2D eigenvalue weighted by atomic mass is 16.4. The Morgan fingerprint density at radius 2 is 2.21 bits per heavy atom. The van der Waals surface area contributed by atoms with Gasteiger partial charge in [-0.1, -0.05) is 13.0 Å². The zero-order valence-electron chi connectivity index (χ0n) is 7.80. The van der Waals surface area contributed by atoms with Gasteiger partial charge < -0.3 is 5.11 Å². The number of nitrogens with zero attached hydrogens (tertiary/aromatic N) is 1. The zero-order valence-corrected chi connectivity index (χ0v) is 7.80. The topological polar surface area (TPSA) is 67.3 Å². The van der Waals surface area contributed by atoms with E-state index >= 15 is 0 Å². The highest BCUT2D eigenvalue weighted by Crippen LogP contribution is 2.07. The van der Waals surface area contributed by atoms with Crippen LogP contribution in [-0.4, -0.2) is 21.8 Å². The highest BCUT2D eigenvalue weighted by Gasteiger charge is 2.17. The number of carboxylic acid groups (broad SMARTS) is 1. The van der Waals surface area contributed by atoms with Crippen molar-refractivity contribution in [1.29, 1.82) is 0 Å². The molecule has 1 N–H and O–H groups in total. The van der Waals surface area contributed by atoms with E-state index in [2.05, 4.69) is 4.98 Å². The second-order valence-corrected chi connectivity index (χ2v) is 3.08. The number of aliphatic carboxylic acids is 1. The molecule has 0 amide bonds. The summed E-state index contributed by atoms with van der Waals surface area (Å²) in [6.45, 7) is 1.50. The van der Waals surface area contributed by atoms with E-state index < -0.39 is 11.9 Å². The van der Waals surface area contributed by atoms with Crippen LogP contribution in [-0.2, 0) is 4.79 Å². The summed E-state index contributed by atoms with van der Waals surface area (Å²) in [7, 11) is 0. The molecule has 0 saturated heterocycles. The number of carbonyl (C=O) groups is 2. The Labute approximate surface area is 81.6 Å². The molecular formula is C10H11NO3. The lowest BCUT2D eigenvalue weighted by Crippen LogP contribution is -2.15. The Kier molecular flexibility index (Phi) is 3.34. The lowest BCUT2D eigenvalue weighted by atomic mass is 10.0. The fraction of sp³-hybridized carbons (Fsp3) is 0.300. The monoisotopic (exact) mass is 193 g/mol. The van der Waals surface area contributed by atoms with Crippen molar-refractivity contribution in [2.24, 2.45) is 5.92 Å². The third-order valence-corrected chi connectivity index (χ3v) is 1.86. The number of rotatable bonds is 4. The van der Waals surface area contributed by atoms with Gasteiger partial charge in [0.05, 0.1) is 5.92 Å². The van der Waals surface area contributed by atoms with Gasteiger partial charge in [0.15, 0.2) is 5.78 Å². The first kappa shape index (κ1) is 10.4. The minimum absolute atomic E-state index is 0.00759. The minimum atomic E-state index is -0.964. The van der Waals surface area contributed by atoms with Crippen molar-refractivity contribution >= 4 is 11.8 Å². The van der Waals surface area contributed by atoms with Gasteiger partial charge in [0, 0.05) is 12.6 Å². The van der Waals surface area contributed by atoms with Crippen LogP contribution in [0.4, 0.5) is 0 Å². The van der Waals surface area contributed by atoms with Crippen molar-refractivity contribution < 1.29 is 14.7 Å². The molecule has 0 unspecified atom stereocenters. The standard InChI is InChI=1S/C10H11NO3/c1-7(10(13)14)6-9(12)8-4-2-3-5-11-8/h2-5,7H,6H2,1H3,(H,13,14)/t7-/m1/s1. The van der Waals surface area contributed by atoms with Crippen LogP contribution in [0.2, 0.25) is 0 Å². The van der Waals surface area contributed by atoms with Crippen LogP contribution in [0, 0.1) is 5.92 Å². The van der Waals surface area contributed by atoms with Gasteiger partial charge in [-0.05, 0) is 12.1 Å². The van der Waals surface area contributed by atoms with Crippen LogP contribution in [0.5, 0.6) is 0 Å². The number of pyridine rings is 1. The van der Waals surface area contributed by atoms with Crippen molar-refractivity contribution in [2.75, 3.05) is 0 Å². The molecular weight excluding hydrogens is 182 g/mol. The quantitative estimate of drug-likeness (QED) is 0.733. The van der Waals surface area contributed by atoms with Gasteiger partial charge in [0.1, 0.15) is 5.69 Å². The Hall–Kier alpha value is -1.71. The predicted octanol–water partition coefficient (Wildman–Crippen LogP) is 1.38. The van der Waals surface area contributed by atoms with Gasteiger partial charge in [-0.15, -0.1) is 0 Å². The molecule has 1 heterocycles. The number of Topliss-reactive ketones (excluding diaryl/α,β-unsaturated/α-hetero) is 1. The summed E-state index contributed by atoms with van der Waals surface area (Å²) in [6.07, 6.45) is 1.50. The van der Waals surface area contributed by atoms with Crippen molar-refractivity contribution in [1.82, 2.24) is 4.98 Å². The number of carbonyl (C=O) groups excluding carboxylic acids is 1. The van der Waals surface area contributed by atoms with Gasteiger partial charge in [-0.2, -0.15) is 0 Å². The van der Waals surface area contributed by atoms with E-state index in [0.29, 0.717) is 5.69 Å². The van der Waals surface area contributed by atoms with Crippen LogP contribution in [0.1, 0.15) is 23.8 Å². The number of hydrogen-bond acceptors (Lipinski definition) is 3. The molecule has 1 atom stereocenters. The first-order valence-electron chi connectivity index (χ1n) is 4.28. The molecule has 0 fully saturated rings. The fourth-order valence-corrected chi connectivity index (χ4v) is 0.998. The molecule has 1 aromatic rings. The molecule has 0 aliphatic heterocycles. The lowest BCUT2D eigenvalue weighted by Gasteiger charge is -2.03. The van der Waals surface area contributed by atoms with E-state index in [1.54, 1.807) is 18.2 Å². The minimum Gasteiger partial charge on any atom is -0.481 e. The molecule has 1 aromatic heterocycles. The lowest BCUT2D eigenvalue weighted by molar-refractivity contribution is -0.141. The summed E-state index contributed by atoms with van der Waals surface area (Å²) in [5, 5.41) is 8.61. The average Bonchev–Trinajstić information content (AvgIpc) is 2.19. The molecule has 0 aliphatic rings. The molecule has 4 heteroatoms. The van der Waals surface area contributed by atoms with E-state index in [-0.39, 0.29) is 12.2 Å². The molecule has 74 valence electrons. The Balaban J connectivity index is 2.64. The van der Waals surface area contributed by atoms with Crippen LogP contribution in [0.3, 0.4) is 0 Å². The summed E-state index contributed by atoms with van der Waals surface area (Å²) in [6, 6.07) is 4.99. The highest BCUT2D eigenvalue weighted by molar-refractivity contribution is 5.96. The molecule has 0 spiro atoms. The summed E-state index contributed by atoms with van der Waals surface area (Å²) in [5.74, 6) is -1.86. The largest absolute Gasteiger partial charge is 0.481 e. The molecule has 4 nitrogen and oxygen atoms in total. The van der Waals surface area contributed by atoms with Gasteiger partial charge in [-0.25, -0.2) is 0 Å². The SMILES string of the molecule is C[C@H](CC(=O)c1ccccn1)C(=O)O. The summed E-state index contributed by atoms with van der Waals surface area (Å²) >= 11 is 0.